The molecule has 1 aromatic carbocycles. The largest absolute Gasteiger partial charge is 0.397 e. The third kappa shape index (κ3) is 3.11. The van der Waals surface area contributed by atoms with E-state index >= 15 is 0 Å². The molecule has 0 amide bonds. The number of nitrogen functional groups attached to an aromatic ring is 1. The van der Waals surface area contributed by atoms with Gasteiger partial charge in [0.25, 0.3) is 0 Å². The van der Waals surface area contributed by atoms with Crippen LogP contribution in [0.15, 0.2) is 18.2 Å². The molecule has 0 fully saturated rings. The second kappa shape index (κ2) is 4.51. The Kier molecular flexibility index (Phi) is 3.55. The third-order valence-corrected chi connectivity index (χ3v) is 2.29. The monoisotopic (exact) mass is 210 g/mol. The molecule has 4 nitrogen and oxygen atoms in total. The molecule has 0 saturated carbocycles. The number of nitrogens with one attached hydrogen (secondary N) is 1. The van der Waals surface area contributed by atoms with Crippen molar-refractivity contribution in [2.24, 2.45) is 0 Å². The lowest BCUT2D eigenvalue weighted by Gasteiger charge is -2.22. The zero-order valence-electron chi connectivity index (χ0n) is 9.12. The zero-order chi connectivity index (χ0) is 11.5. The molecule has 1 aromatic rings. The normalized spacial score (nSPS) is 14.7. The van der Waals surface area contributed by atoms with Crippen molar-refractivity contribution in [3.05, 3.63) is 23.8 Å². The van der Waals surface area contributed by atoms with Gasteiger partial charge >= 0.3 is 0 Å². The summed E-state index contributed by atoms with van der Waals surface area (Å²) in [5, 5.41) is 21.5. The van der Waals surface area contributed by atoms with Crippen molar-refractivity contribution in [1.82, 2.24) is 0 Å². The molecule has 0 aliphatic carbocycles. The number of nitrogens with two attached hydrogens (primary N) is 1. The van der Waals surface area contributed by atoms with Gasteiger partial charge in [-0.15, -0.1) is 0 Å². The quantitative estimate of drug-likeness (QED) is 0.552. The standard InChI is InChI=1S/C11H18N2O2/c1-8-4-3-5-9(12)10(8)13-6-11(2,15)7-14/h3-5,13-15H,6-7,12H2,1-2H3. The van der Waals surface area contributed by atoms with Crippen LogP contribution >= 0.6 is 0 Å². The number of para-hydroxylation sites is 1. The Balaban J connectivity index is 2.73. The van der Waals surface area contributed by atoms with Gasteiger partial charge in [0.05, 0.1) is 18.0 Å². The molecule has 0 aliphatic heterocycles. The Morgan fingerprint density at radius 1 is 1.47 bits per heavy atom. The minimum absolute atomic E-state index is 0.262. The lowest BCUT2D eigenvalue weighted by Crippen LogP contribution is -2.37. The number of hydrogen-bond acceptors (Lipinski definition) is 4. The lowest BCUT2D eigenvalue weighted by molar-refractivity contribution is 0.0132. The van der Waals surface area contributed by atoms with Gasteiger partial charge in [0.2, 0.25) is 0 Å². The Bertz CT molecular complexity index is 317. The molecule has 0 spiro atoms. The van der Waals surface area contributed by atoms with Gasteiger partial charge in [-0.25, -0.2) is 0 Å². The lowest BCUT2D eigenvalue weighted by atomic mass is 10.1. The maximum Gasteiger partial charge on any atom is 0.102 e. The number of anilines is 2. The fourth-order valence-corrected chi connectivity index (χ4v) is 1.27. The molecule has 1 rings (SSSR count). The Hall–Kier alpha value is -1.26. The van der Waals surface area contributed by atoms with Crippen molar-refractivity contribution in [3.63, 3.8) is 0 Å². The van der Waals surface area contributed by atoms with E-state index in [0.29, 0.717) is 5.69 Å². The van der Waals surface area contributed by atoms with Gasteiger partial charge in [-0.3, -0.25) is 0 Å². The first-order chi connectivity index (χ1) is 6.96. The van der Waals surface area contributed by atoms with E-state index < -0.39 is 5.60 Å². The number of aliphatic hydroxyl groups is 2. The van der Waals surface area contributed by atoms with Gasteiger partial charge < -0.3 is 21.3 Å². The highest BCUT2D eigenvalue weighted by Gasteiger charge is 2.19. The summed E-state index contributed by atoms with van der Waals surface area (Å²) < 4.78 is 0. The van der Waals surface area contributed by atoms with E-state index in [0.717, 1.165) is 11.3 Å². The molecule has 0 radical (unpaired) electrons. The van der Waals surface area contributed by atoms with Crippen LogP contribution < -0.4 is 11.1 Å². The van der Waals surface area contributed by atoms with E-state index in [1.807, 2.05) is 19.1 Å². The molecule has 0 bridgehead atoms. The number of aliphatic hydroxyl groups excluding tert-OH is 1. The van der Waals surface area contributed by atoms with E-state index in [1.165, 1.54) is 0 Å². The Labute approximate surface area is 89.7 Å². The van der Waals surface area contributed by atoms with Crippen LogP contribution in [0, 0.1) is 6.92 Å². The number of aryl methyl sites for hydroxylation is 1. The van der Waals surface area contributed by atoms with Crippen LogP contribution in [0.2, 0.25) is 0 Å². The first-order valence-electron chi connectivity index (χ1n) is 4.88. The maximum atomic E-state index is 9.61. The van der Waals surface area contributed by atoms with E-state index in [2.05, 4.69) is 5.32 Å². The number of rotatable bonds is 4. The second-order valence-corrected chi connectivity index (χ2v) is 4.05. The maximum absolute atomic E-state index is 9.61. The smallest absolute Gasteiger partial charge is 0.102 e. The summed E-state index contributed by atoms with van der Waals surface area (Å²) in [6.45, 7) is 3.48. The topological polar surface area (TPSA) is 78.5 Å². The fourth-order valence-electron chi connectivity index (χ4n) is 1.27. The molecular weight excluding hydrogens is 192 g/mol. The van der Waals surface area contributed by atoms with E-state index in [-0.39, 0.29) is 13.2 Å². The summed E-state index contributed by atoms with van der Waals surface area (Å²) in [7, 11) is 0. The SMILES string of the molecule is Cc1cccc(N)c1NCC(C)(O)CO. The first-order valence-corrected chi connectivity index (χ1v) is 4.88. The summed E-state index contributed by atoms with van der Waals surface area (Å²) in [6, 6.07) is 5.61. The minimum Gasteiger partial charge on any atom is -0.397 e. The second-order valence-electron chi connectivity index (χ2n) is 4.05. The van der Waals surface area contributed by atoms with Crippen molar-refractivity contribution in [2.45, 2.75) is 19.4 Å². The molecular formula is C11H18N2O2. The van der Waals surface area contributed by atoms with Crippen LogP contribution in [0.3, 0.4) is 0 Å². The zero-order valence-corrected chi connectivity index (χ0v) is 9.12. The Morgan fingerprint density at radius 2 is 2.13 bits per heavy atom. The highest BCUT2D eigenvalue weighted by molar-refractivity contribution is 5.69. The van der Waals surface area contributed by atoms with Crippen molar-refractivity contribution < 1.29 is 10.2 Å². The average Bonchev–Trinajstić information content (AvgIpc) is 2.17. The summed E-state index contributed by atoms with van der Waals surface area (Å²) in [5.41, 5.74) is 7.13. The molecule has 5 N–H and O–H groups in total. The summed E-state index contributed by atoms with van der Waals surface area (Å²) in [4.78, 5) is 0. The molecule has 0 aromatic heterocycles. The van der Waals surface area contributed by atoms with Crippen LogP contribution in [-0.4, -0.2) is 29.0 Å². The Morgan fingerprint density at radius 3 is 2.67 bits per heavy atom. The van der Waals surface area contributed by atoms with Gasteiger partial charge in [-0.05, 0) is 25.5 Å². The highest BCUT2D eigenvalue weighted by atomic mass is 16.3. The van der Waals surface area contributed by atoms with Crippen molar-refractivity contribution in [2.75, 3.05) is 24.2 Å². The van der Waals surface area contributed by atoms with Gasteiger partial charge in [-0.2, -0.15) is 0 Å². The highest BCUT2D eigenvalue weighted by Crippen LogP contribution is 2.22. The first kappa shape index (κ1) is 11.8. The van der Waals surface area contributed by atoms with Gasteiger partial charge in [0.1, 0.15) is 5.60 Å². The molecule has 15 heavy (non-hydrogen) atoms. The van der Waals surface area contributed by atoms with E-state index in [1.54, 1.807) is 13.0 Å². The van der Waals surface area contributed by atoms with Crippen LogP contribution in [0.4, 0.5) is 11.4 Å². The molecule has 0 heterocycles. The summed E-state index contributed by atoms with van der Waals surface area (Å²) >= 11 is 0. The van der Waals surface area contributed by atoms with Crippen molar-refractivity contribution in [1.29, 1.82) is 0 Å². The summed E-state index contributed by atoms with van der Waals surface area (Å²) in [5.74, 6) is 0. The number of benzene rings is 1. The van der Waals surface area contributed by atoms with Gasteiger partial charge in [0.15, 0.2) is 0 Å². The van der Waals surface area contributed by atoms with Crippen LogP contribution in [0.5, 0.6) is 0 Å². The minimum atomic E-state index is -1.13. The third-order valence-electron chi connectivity index (χ3n) is 2.29. The molecule has 4 heteroatoms. The van der Waals surface area contributed by atoms with Gasteiger partial charge in [-0.1, -0.05) is 12.1 Å². The molecule has 84 valence electrons. The molecule has 0 saturated heterocycles. The van der Waals surface area contributed by atoms with Crippen LogP contribution in [0.25, 0.3) is 0 Å². The van der Waals surface area contributed by atoms with Gasteiger partial charge in [0, 0.05) is 6.54 Å². The fraction of sp³-hybridized carbons (Fsp3) is 0.455. The van der Waals surface area contributed by atoms with Crippen LogP contribution in [-0.2, 0) is 0 Å². The molecule has 1 unspecified atom stereocenters. The predicted octanol–water partition coefficient (Wildman–Crippen LogP) is 0.732. The average molecular weight is 210 g/mol. The van der Waals surface area contributed by atoms with Crippen molar-refractivity contribution >= 4 is 11.4 Å². The van der Waals surface area contributed by atoms with E-state index in [9.17, 15) is 5.11 Å². The summed E-state index contributed by atoms with van der Waals surface area (Å²) in [6.07, 6.45) is 0. The number of hydrogen-bond donors (Lipinski definition) is 4. The van der Waals surface area contributed by atoms with Crippen LogP contribution in [0.1, 0.15) is 12.5 Å². The molecule has 1 atom stereocenters. The van der Waals surface area contributed by atoms with E-state index in [4.69, 9.17) is 10.8 Å². The predicted molar refractivity (Wildman–Crippen MR) is 61.8 cm³/mol. The molecule has 0 aliphatic rings. The van der Waals surface area contributed by atoms with Crippen molar-refractivity contribution in [3.8, 4) is 0 Å².